The molecule has 1 aliphatic heterocycles. The number of fused-ring (bicyclic) bond motifs is 2. The average Bonchev–Trinajstić information content (AvgIpc) is 3.55. The lowest BCUT2D eigenvalue weighted by molar-refractivity contribution is -0.128. The molecule has 0 radical (unpaired) electrons. The molecular formula is C27H25N7O3. The van der Waals surface area contributed by atoms with Gasteiger partial charge in [0.1, 0.15) is 41.8 Å². The highest BCUT2D eigenvalue weighted by Gasteiger charge is 2.25. The van der Waals surface area contributed by atoms with Gasteiger partial charge in [0, 0.05) is 43.2 Å². The van der Waals surface area contributed by atoms with E-state index in [1.54, 1.807) is 11.4 Å². The zero-order valence-electron chi connectivity index (χ0n) is 20.5. The first-order chi connectivity index (χ1) is 18.0. The molecule has 0 unspecified atom stereocenters. The second-order valence-electron chi connectivity index (χ2n) is 9.03. The molecule has 10 heteroatoms. The number of pyridine rings is 1. The van der Waals surface area contributed by atoms with E-state index in [2.05, 4.69) is 25.4 Å². The van der Waals surface area contributed by atoms with E-state index in [0.717, 1.165) is 52.3 Å². The van der Waals surface area contributed by atoms with Crippen LogP contribution < -0.4 is 14.8 Å². The molecule has 10 nitrogen and oxygen atoms in total. The molecule has 1 saturated heterocycles. The lowest BCUT2D eigenvalue weighted by atomic mass is 10.2. The number of carbonyl (C=O) groups excluding carboxylic acids is 1. The summed E-state index contributed by atoms with van der Waals surface area (Å²) in [5, 5.41) is 8.36. The molecule has 1 fully saturated rings. The van der Waals surface area contributed by atoms with Crippen molar-refractivity contribution in [3.8, 4) is 17.2 Å². The molecule has 6 rings (SSSR count). The maximum absolute atomic E-state index is 11.6. The summed E-state index contributed by atoms with van der Waals surface area (Å²) in [4.78, 5) is 26.5. The molecule has 4 heterocycles. The van der Waals surface area contributed by atoms with E-state index < -0.39 is 0 Å². The van der Waals surface area contributed by atoms with Crippen molar-refractivity contribution in [3.63, 3.8) is 0 Å². The summed E-state index contributed by atoms with van der Waals surface area (Å²) in [5.41, 5.74) is 3.36. The molecular weight excluding hydrogens is 470 g/mol. The number of nitrogens with one attached hydrogen (secondary N) is 1. The Morgan fingerprint density at radius 2 is 1.95 bits per heavy atom. The summed E-state index contributed by atoms with van der Waals surface area (Å²) >= 11 is 0. The summed E-state index contributed by atoms with van der Waals surface area (Å²) in [6.07, 6.45) is 5.65. The number of aryl methyl sites for hydroxylation is 1. The fourth-order valence-electron chi connectivity index (χ4n) is 4.48. The van der Waals surface area contributed by atoms with Crippen LogP contribution in [0.4, 0.5) is 11.5 Å². The second-order valence-corrected chi connectivity index (χ2v) is 9.03. The highest BCUT2D eigenvalue weighted by atomic mass is 16.5. The van der Waals surface area contributed by atoms with Gasteiger partial charge in [0.2, 0.25) is 5.91 Å². The van der Waals surface area contributed by atoms with Crippen molar-refractivity contribution in [1.82, 2.24) is 29.5 Å². The lowest BCUT2D eigenvalue weighted by Crippen LogP contribution is -2.28. The molecule has 0 saturated carbocycles. The molecule has 3 aromatic heterocycles. The van der Waals surface area contributed by atoms with E-state index in [0.29, 0.717) is 18.1 Å². The zero-order valence-corrected chi connectivity index (χ0v) is 20.5. The van der Waals surface area contributed by atoms with Crippen LogP contribution in [-0.2, 0) is 4.79 Å². The molecule has 37 heavy (non-hydrogen) atoms. The van der Waals surface area contributed by atoms with Crippen molar-refractivity contribution in [3.05, 3.63) is 72.9 Å². The smallest absolute Gasteiger partial charge is 0.219 e. The van der Waals surface area contributed by atoms with Crippen LogP contribution in [0.15, 0.2) is 67.4 Å². The predicted molar refractivity (Wildman–Crippen MR) is 138 cm³/mol. The number of nitrogens with zero attached hydrogens (tertiary/aromatic N) is 6. The molecule has 2 aromatic carbocycles. The Kier molecular flexibility index (Phi) is 5.76. The fourth-order valence-corrected chi connectivity index (χ4v) is 4.48. The number of hydrogen-bond acceptors (Lipinski definition) is 8. The monoisotopic (exact) mass is 495 g/mol. The van der Waals surface area contributed by atoms with Gasteiger partial charge in [-0.2, -0.15) is 5.10 Å². The topological polar surface area (TPSA) is 107 Å². The van der Waals surface area contributed by atoms with Crippen molar-refractivity contribution < 1.29 is 14.3 Å². The van der Waals surface area contributed by atoms with Crippen molar-refractivity contribution in [2.24, 2.45) is 0 Å². The Balaban J connectivity index is 1.20. The first-order valence-electron chi connectivity index (χ1n) is 12.0. The van der Waals surface area contributed by atoms with Gasteiger partial charge in [0.05, 0.1) is 12.1 Å². The number of ether oxygens (including phenoxy) is 2. The van der Waals surface area contributed by atoms with Crippen LogP contribution in [0.25, 0.3) is 16.6 Å². The quantitative estimate of drug-likeness (QED) is 0.367. The van der Waals surface area contributed by atoms with Gasteiger partial charge in [-0.1, -0.05) is 0 Å². The number of anilines is 2. The number of likely N-dealkylation sites (tertiary alicyclic amines) is 1. The SMILES string of the molecule is CC(=O)N1CC[C@@H](Oc2ccc3ncnc(Nc4ccc(Oc5ccn6ncnc6c5)c(C)c4)c3c2)C1. The first-order valence-corrected chi connectivity index (χ1v) is 12.0. The van der Waals surface area contributed by atoms with Crippen LogP contribution in [0.5, 0.6) is 17.2 Å². The van der Waals surface area contributed by atoms with Crippen molar-refractivity contribution in [2.45, 2.75) is 26.4 Å². The van der Waals surface area contributed by atoms with E-state index in [-0.39, 0.29) is 12.0 Å². The highest BCUT2D eigenvalue weighted by Crippen LogP contribution is 2.31. The Labute approximate surface area is 212 Å². The summed E-state index contributed by atoms with van der Waals surface area (Å²) in [6, 6.07) is 15.3. The van der Waals surface area contributed by atoms with E-state index in [4.69, 9.17) is 9.47 Å². The summed E-state index contributed by atoms with van der Waals surface area (Å²) in [7, 11) is 0. The fraction of sp³-hybridized carbons (Fsp3) is 0.222. The number of benzene rings is 2. The molecule has 1 N–H and O–H groups in total. The van der Waals surface area contributed by atoms with Gasteiger partial charge in [0.25, 0.3) is 0 Å². The van der Waals surface area contributed by atoms with Crippen molar-refractivity contribution in [2.75, 3.05) is 18.4 Å². The number of carbonyl (C=O) groups is 1. The number of aromatic nitrogens is 5. The van der Waals surface area contributed by atoms with Gasteiger partial charge < -0.3 is 19.7 Å². The molecule has 1 atom stereocenters. The second kappa shape index (κ2) is 9.38. The third-order valence-corrected chi connectivity index (χ3v) is 6.42. The maximum atomic E-state index is 11.6. The Bertz CT molecular complexity index is 1620. The maximum Gasteiger partial charge on any atom is 0.219 e. The van der Waals surface area contributed by atoms with Gasteiger partial charge in [-0.15, -0.1) is 0 Å². The van der Waals surface area contributed by atoms with Gasteiger partial charge in [-0.05, 0) is 55.0 Å². The molecule has 5 aromatic rings. The third kappa shape index (κ3) is 4.73. The number of hydrogen-bond donors (Lipinski definition) is 1. The molecule has 1 amide bonds. The summed E-state index contributed by atoms with van der Waals surface area (Å²) in [6.45, 7) is 4.90. The van der Waals surface area contributed by atoms with Crippen molar-refractivity contribution >= 4 is 34.0 Å². The largest absolute Gasteiger partial charge is 0.488 e. The van der Waals surface area contributed by atoms with Gasteiger partial charge in [0.15, 0.2) is 5.65 Å². The predicted octanol–water partition coefficient (Wildman–Crippen LogP) is 4.52. The van der Waals surface area contributed by atoms with E-state index >= 15 is 0 Å². The van der Waals surface area contributed by atoms with E-state index in [1.807, 2.05) is 66.6 Å². The average molecular weight is 496 g/mol. The van der Waals surface area contributed by atoms with Crippen LogP contribution >= 0.6 is 0 Å². The van der Waals surface area contributed by atoms with Crippen molar-refractivity contribution in [1.29, 1.82) is 0 Å². The normalized spacial score (nSPS) is 15.3. The van der Waals surface area contributed by atoms with Gasteiger partial charge in [-0.3, -0.25) is 4.79 Å². The minimum absolute atomic E-state index is 0.0250. The summed E-state index contributed by atoms with van der Waals surface area (Å²) in [5.74, 6) is 2.91. The Morgan fingerprint density at radius 3 is 2.78 bits per heavy atom. The molecule has 186 valence electrons. The van der Waals surface area contributed by atoms with E-state index in [9.17, 15) is 4.79 Å². The highest BCUT2D eigenvalue weighted by molar-refractivity contribution is 5.91. The molecule has 0 bridgehead atoms. The Morgan fingerprint density at radius 1 is 1.03 bits per heavy atom. The molecule has 1 aliphatic rings. The molecule has 0 spiro atoms. The van der Waals surface area contributed by atoms with Gasteiger partial charge in [-0.25, -0.2) is 19.5 Å². The number of rotatable bonds is 6. The van der Waals surface area contributed by atoms with Crippen LogP contribution in [0.1, 0.15) is 18.9 Å². The summed E-state index contributed by atoms with van der Waals surface area (Å²) < 4.78 is 14.0. The van der Waals surface area contributed by atoms with Gasteiger partial charge >= 0.3 is 0 Å². The minimum Gasteiger partial charge on any atom is -0.488 e. The van der Waals surface area contributed by atoms with Crippen LogP contribution in [0.2, 0.25) is 0 Å². The van der Waals surface area contributed by atoms with Crippen LogP contribution in [0.3, 0.4) is 0 Å². The first kappa shape index (κ1) is 22.7. The number of amides is 1. The zero-order chi connectivity index (χ0) is 25.4. The molecule has 0 aliphatic carbocycles. The Hall–Kier alpha value is -4.73. The van der Waals surface area contributed by atoms with Crippen LogP contribution in [0, 0.1) is 6.92 Å². The minimum atomic E-state index is -0.0250. The standard InChI is InChI=1S/C27H25N7O3/c1-17-11-19(3-6-25(17)37-21-8-10-34-26(13-21)29-16-31-34)32-27-23-12-20(4-5-24(23)28-15-30-27)36-22-7-9-33(14-22)18(2)35/h3-6,8,10-13,15-16,22H,7,9,14H2,1-2H3,(H,28,30,32)/t22-/m1/s1. The van der Waals surface area contributed by atoms with E-state index in [1.165, 1.54) is 12.7 Å². The van der Waals surface area contributed by atoms with Crippen LogP contribution in [-0.4, -0.2) is 54.6 Å². The lowest BCUT2D eigenvalue weighted by Gasteiger charge is -2.16. The third-order valence-electron chi connectivity index (χ3n) is 6.42.